The number of hydrogen-bond donors (Lipinski definition) is 1. The topological polar surface area (TPSA) is 54.0 Å². The molecular formula is C29H42BN3O3. The van der Waals surface area contributed by atoms with Crippen LogP contribution in [-0.4, -0.2) is 67.4 Å². The predicted octanol–water partition coefficient (Wildman–Crippen LogP) is 3.36. The van der Waals surface area contributed by atoms with Crippen LogP contribution in [0.3, 0.4) is 0 Å². The summed E-state index contributed by atoms with van der Waals surface area (Å²) in [6, 6.07) is 7.53. The zero-order valence-electron chi connectivity index (χ0n) is 22.6. The van der Waals surface area contributed by atoms with Crippen molar-refractivity contribution in [2.24, 2.45) is 5.41 Å². The van der Waals surface area contributed by atoms with Crippen LogP contribution in [-0.2, 0) is 19.5 Å². The second-order valence-corrected chi connectivity index (χ2v) is 13.7. The summed E-state index contributed by atoms with van der Waals surface area (Å²) in [5.74, 6) is 0.339. The van der Waals surface area contributed by atoms with E-state index in [2.05, 4.69) is 61.0 Å². The average Bonchev–Trinajstić information content (AvgIpc) is 3.47. The zero-order valence-corrected chi connectivity index (χ0v) is 22.6. The lowest BCUT2D eigenvalue weighted by atomic mass is 9.72. The van der Waals surface area contributed by atoms with Gasteiger partial charge in [-0.3, -0.25) is 9.69 Å². The lowest BCUT2D eigenvalue weighted by Crippen LogP contribution is -2.59. The summed E-state index contributed by atoms with van der Waals surface area (Å²) in [7, 11) is -0.404. The molecule has 1 N–H and O–H groups in total. The minimum Gasteiger partial charge on any atom is -0.399 e. The number of nitrogens with one attached hydrogen (secondary N) is 1. The number of nitrogens with zero attached hydrogens (tertiary/aromatic N) is 2. The van der Waals surface area contributed by atoms with Gasteiger partial charge in [0.15, 0.2) is 0 Å². The van der Waals surface area contributed by atoms with E-state index in [4.69, 9.17) is 9.31 Å². The lowest BCUT2D eigenvalue weighted by molar-refractivity contribution is -0.125. The molecule has 0 atom stereocenters. The molecule has 4 heterocycles. The smallest absolute Gasteiger partial charge is 0.399 e. The largest absolute Gasteiger partial charge is 0.494 e. The standard InChI is InChI=1S/C29H42BN3O3/c1-26(2)27(3,4)36-30(35-26)20-6-7-23-24(16-20)33(25(34)29(23)11-13-31-14-12-29)22-17-21(18-22)32-15-5-8-28(19-32)9-10-28/h6-7,16,21-22,31H,5,8-15,17-19H2,1-4H3. The Kier molecular flexibility index (Phi) is 5.14. The van der Waals surface area contributed by atoms with Crippen LogP contribution in [0, 0.1) is 5.41 Å². The first-order valence-electron chi connectivity index (χ1n) is 14.4. The van der Waals surface area contributed by atoms with Crippen molar-refractivity contribution < 1.29 is 14.1 Å². The fourth-order valence-corrected chi connectivity index (χ4v) is 7.64. The van der Waals surface area contributed by atoms with Crippen molar-refractivity contribution in [3.8, 4) is 0 Å². The van der Waals surface area contributed by atoms with Crippen LogP contribution in [0.25, 0.3) is 0 Å². The van der Waals surface area contributed by atoms with E-state index in [1.54, 1.807) is 0 Å². The molecule has 1 aromatic carbocycles. The number of hydrogen-bond acceptors (Lipinski definition) is 5. The van der Waals surface area contributed by atoms with Gasteiger partial charge in [0.05, 0.1) is 16.6 Å². The number of carbonyl (C=O) groups is 1. The van der Waals surface area contributed by atoms with E-state index in [0.717, 1.165) is 49.9 Å². The van der Waals surface area contributed by atoms with E-state index in [1.807, 2.05) is 0 Å². The van der Waals surface area contributed by atoms with Gasteiger partial charge in [-0.1, -0.05) is 12.1 Å². The number of piperidine rings is 2. The molecule has 0 aromatic heterocycles. The zero-order chi connectivity index (χ0) is 24.9. The van der Waals surface area contributed by atoms with Gasteiger partial charge in [-0.2, -0.15) is 0 Å². The Morgan fingerprint density at radius 1 is 0.944 bits per heavy atom. The maximum atomic E-state index is 14.2. The van der Waals surface area contributed by atoms with Gasteiger partial charge in [-0.15, -0.1) is 0 Å². The minimum absolute atomic E-state index is 0.307. The molecule has 0 radical (unpaired) electrons. The number of carbonyl (C=O) groups excluding carboxylic acids is 1. The molecule has 36 heavy (non-hydrogen) atoms. The Hall–Kier alpha value is -1.41. The molecule has 2 aliphatic carbocycles. The van der Waals surface area contributed by atoms with Gasteiger partial charge in [0.1, 0.15) is 0 Å². The summed E-state index contributed by atoms with van der Waals surface area (Å²) in [5.41, 5.74) is 2.90. The van der Waals surface area contributed by atoms with E-state index >= 15 is 0 Å². The summed E-state index contributed by atoms with van der Waals surface area (Å²) < 4.78 is 12.8. The average molecular weight is 491 g/mol. The van der Waals surface area contributed by atoms with Crippen molar-refractivity contribution >= 4 is 24.2 Å². The monoisotopic (exact) mass is 491 g/mol. The van der Waals surface area contributed by atoms with Gasteiger partial charge in [0.2, 0.25) is 5.91 Å². The summed E-state index contributed by atoms with van der Waals surface area (Å²) >= 11 is 0. The molecule has 4 aliphatic heterocycles. The highest BCUT2D eigenvalue weighted by Gasteiger charge is 2.57. The van der Waals surface area contributed by atoms with Crippen LogP contribution in [0.15, 0.2) is 18.2 Å². The molecular weight excluding hydrogens is 449 g/mol. The third kappa shape index (κ3) is 3.42. The molecule has 6 nitrogen and oxygen atoms in total. The normalized spacial score (nSPS) is 33.7. The summed E-state index contributed by atoms with van der Waals surface area (Å²) in [5, 5.41) is 3.48. The van der Waals surface area contributed by atoms with Crippen LogP contribution in [0.5, 0.6) is 0 Å². The molecule has 1 amide bonds. The predicted molar refractivity (Wildman–Crippen MR) is 143 cm³/mol. The second-order valence-electron chi connectivity index (χ2n) is 13.7. The second kappa shape index (κ2) is 7.81. The Morgan fingerprint density at radius 3 is 2.31 bits per heavy atom. The number of anilines is 1. The highest BCUT2D eigenvalue weighted by Crippen LogP contribution is 2.54. The third-order valence-electron chi connectivity index (χ3n) is 11.0. The van der Waals surface area contributed by atoms with Crippen LogP contribution < -0.4 is 15.7 Å². The highest BCUT2D eigenvalue weighted by molar-refractivity contribution is 6.62. The number of benzene rings is 1. The van der Waals surface area contributed by atoms with E-state index in [-0.39, 0.29) is 16.6 Å². The summed E-state index contributed by atoms with van der Waals surface area (Å²) in [6.45, 7) is 12.7. The Bertz CT molecular complexity index is 1060. The first-order chi connectivity index (χ1) is 17.1. The number of fused-ring (bicyclic) bond motifs is 2. The number of amides is 1. The van der Waals surface area contributed by atoms with Gasteiger partial charge in [0.25, 0.3) is 0 Å². The van der Waals surface area contributed by atoms with Crippen LogP contribution in [0.1, 0.15) is 84.6 Å². The van der Waals surface area contributed by atoms with Crippen LogP contribution in [0.2, 0.25) is 0 Å². The Balaban J connectivity index is 1.17. The van der Waals surface area contributed by atoms with Crippen molar-refractivity contribution in [3.63, 3.8) is 0 Å². The number of rotatable bonds is 3. The molecule has 194 valence electrons. The molecule has 1 aromatic rings. The number of likely N-dealkylation sites (tertiary alicyclic amines) is 1. The molecule has 3 saturated heterocycles. The molecule has 0 unspecified atom stereocenters. The van der Waals surface area contributed by atoms with E-state index < -0.39 is 7.12 Å². The summed E-state index contributed by atoms with van der Waals surface area (Å²) in [4.78, 5) is 19.2. The third-order valence-corrected chi connectivity index (χ3v) is 11.0. The van der Waals surface area contributed by atoms with E-state index in [9.17, 15) is 4.79 Å². The van der Waals surface area contributed by atoms with Crippen molar-refractivity contribution in [2.45, 2.75) is 108 Å². The fourth-order valence-electron chi connectivity index (χ4n) is 7.64. The minimum atomic E-state index is -0.404. The van der Waals surface area contributed by atoms with Crippen molar-refractivity contribution in [1.82, 2.24) is 10.2 Å². The molecule has 0 bridgehead atoms. The Morgan fingerprint density at radius 2 is 1.64 bits per heavy atom. The molecule has 2 saturated carbocycles. The van der Waals surface area contributed by atoms with Gasteiger partial charge >= 0.3 is 7.12 Å². The highest BCUT2D eigenvalue weighted by atomic mass is 16.7. The maximum Gasteiger partial charge on any atom is 0.494 e. The molecule has 7 rings (SSSR count). The quantitative estimate of drug-likeness (QED) is 0.658. The first kappa shape index (κ1) is 23.7. The van der Waals surface area contributed by atoms with Gasteiger partial charge in [-0.25, -0.2) is 0 Å². The van der Waals surface area contributed by atoms with Crippen LogP contribution >= 0.6 is 0 Å². The van der Waals surface area contributed by atoms with Gasteiger partial charge in [-0.05, 0) is 121 Å². The van der Waals surface area contributed by atoms with Gasteiger partial charge < -0.3 is 19.5 Å². The van der Waals surface area contributed by atoms with Crippen molar-refractivity contribution in [2.75, 3.05) is 31.1 Å². The Labute approximate surface area is 216 Å². The van der Waals surface area contributed by atoms with E-state index in [1.165, 1.54) is 44.3 Å². The SMILES string of the molecule is CC1(C)OB(c2ccc3c(c2)N(C2CC(N4CCCC5(CC5)C4)C2)C(=O)C32CCNCC2)OC1(C)C. The van der Waals surface area contributed by atoms with E-state index in [0.29, 0.717) is 23.4 Å². The van der Waals surface area contributed by atoms with Gasteiger partial charge in [0, 0.05) is 24.3 Å². The molecule has 5 fully saturated rings. The maximum absolute atomic E-state index is 14.2. The first-order valence-corrected chi connectivity index (χ1v) is 14.4. The lowest BCUT2D eigenvalue weighted by Gasteiger charge is -2.49. The van der Waals surface area contributed by atoms with Crippen molar-refractivity contribution in [1.29, 1.82) is 0 Å². The van der Waals surface area contributed by atoms with Crippen molar-refractivity contribution in [3.05, 3.63) is 23.8 Å². The molecule has 7 heteroatoms. The fraction of sp³-hybridized carbons (Fsp3) is 0.759. The molecule has 2 spiro atoms. The summed E-state index contributed by atoms with van der Waals surface area (Å²) in [6.07, 6.45) is 9.61. The van der Waals surface area contributed by atoms with Crippen LogP contribution in [0.4, 0.5) is 5.69 Å². The molecule has 6 aliphatic rings.